The van der Waals surface area contributed by atoms with Crippen molar-refractivity contribution in [1.82, 2.24) is 14.9 Å². The molecule has 0 unspecified atom stereocenters. The average molecular weight is 323 g/mol. The number of rotatable bonds is 7. The van der Waals surface area contributed by atoms with E-state index in [0.29, 0.717) is 19.7 Å². The number of nitrogens with zero attached hydrogens (tertiary/aromatic N) is 2. The Balaban J connectivity index is 1.44. The van der Waals surface area contributed by atoms with Gasteiger partial charge in [-0.25, -0.2) is 4.98 Å². The smallest absolute Gasteiger partial charge is 0.246 e. The van der Waals surface area contributed by atoms with E-state index in [0.717, 1.165) is 22.4 Å². The Bertz CT molecular complexity index is 812. The number of aromatic nitrogens is 2. The summed E-state index contributed by atoms with van der Waals surface area (Å²) in [6.07, 6.45) is 0. The lowest BCUT2D eigenvalue weighted by molar-refractivity contribution is -0.126. The number of ether oxygens (including phenoxy) is 1. The normalized spacial score (nSPS) is 10.9. The molecule has 0 spiro atoms. The number of aryl methyl sites for hydroxylation is 1. The van der Waals surface area contributed by atoms with Crippen LogP contribution in [0.5, 0.6) is 0 Å². The lowest BCUT2D eigenvalue weighted by Gasteiger charge is -2.09. The molecule has 0 saturated carbocycles. The lowest BCUT2D eigenvalue weighted by Crippen LogP contribution is -2.30. The monoisotopic (exact) mass is 323 g/mol. The maximum absolute atomic E-state index is 11.8. The van der Waals surface area contributed by atoms with Gasteiger partial charge < -0.3 is 14.6 Å². The van der Waals surface area contributed by atoms with Crippen LogP contribution in [0.15, 0.2) is 54.6 Å². The number of hydrogen-bond acceptors (Lipinski definition) is 3. The predicted octanol–water partition coefficient (Wildman–Crippen LogP) is 2.68. The van der Waals surface area contributed by atoms with Crippen molar-refractivity contribution in [3.05, 3.63) is 66.0 Å². The molecule has 0 fully saturated rings. The first kappa shape index (κ1) is 16.2. The van der Waals surface area contributed by atoms with E-state index in [9.17, 15) is 4.79 Å². The Morgan fingerprint density at radius 1 is 1.12 bits per heavy atom. The molecule has 1 N–H and O–H groups in total. The first-order valence-corrected chi connectivity index (χ1v) is 8.04. The fraction of sp³-hybridized carbons (Fsp3) is 0.263. The van der Waals surface area contributed by atoms with E-state index in [-0.39, 0.29) is 12.5 Å². The van der Waals surface area contributed by atoms with Crippen LogP contribution in [0.4, 0.5) is 0 Å². The third kappa shape index (κ3) is 4.00. The molecule has 5 heteroatoms. The van der Waals surface area contributed by atoms with Crippen LogP contribution in [0.25, 0.3) is 11.0 Å². The van der Waals surface area contributed by atoms with Crippen molar-refractivity contribution < 1.29 is 9.53 Å². The molecule has 124 valence electrons. The summed E-state index contributed by atoms with van der Waals surface area (Å²) in [6, 6.07) is 17.8. The van der Waals surface area contributed by atoms with Crippen LogP contribution in [0.2, 0.25) is 0 Å². The molecule has 1 amide bonds. The molecule has 0 aliphatic heterocycles. The van der Waals surface area contributed by atoms with Gasteiger partial charge in [0, 0.05) is 13.1 Å². The standard InChI is InChI=1S/C19H21N3O2/c1-15-21-17-9-5-6-10-18(17)22(15)12-11-20-19(23)14-24-13-16-7-3-2-4-8-16/h2-10H,11-14H2,1H3,(H,20,23). The van der Waals surface area contributed by atoms with Gasteiger partial charge in [-0.15, -0.1) is 0 Å². The molecule has 0 bridgehead atoms. The van der Waals surface area contributed by atoms with Crippen LogP contribution < -0.4 is 5.32 Å². The van der Waals surface area contributed by atoms with Gasteiger partial charge in [-0.2, -0.15) is 0 Å². The highest BCUT2D eigenvalue weighted by atomic mass is 16.5. The van der Waals surface area contributed by atoms with E-state index in [1.165, 1.54) is 0 Å². The molecule has 24 heavy (non-hydrogen) atoms. The van der Waals surface area contributed by atoms with Crippen LogP contribution in [0.3, 0.4) is 0 Å². The Hall–Kier alpha value is -2.66. The highest BCUT2D eigenvalue weighted by molar-refractivity contribution is 5.77. The molecular weight excluding hydrogens is 302 g/mol. The van der Waals surface area contributed by atoms with E-state index in [1.807, 2.05) is 61.5 Å². The molecule has 3 rings (SSSR count). The van der Waals surface area contributed by atoms with Crippen molar-refractivity contribution in [2.45, 2.75) is 20.1 Å². The Morgan fingerprint density at radius 2 is 1.88 bits per heavy atom. The topological polar surface area (TPSA) is 56.2 Å². The second-order valence-corrected chi connectivity index (χ2v) is 5.63. The van der Waals surface area contributed by atoms with Crippen molar-refractivity contribution >= 4 is 16.9 Å². The van der Waals surface area contributed by atoms with Crippen LogP contribution in [0, 0.1) is 6.92 Å². The summed E-state index contributed by atoms with van der Waals surface area (Å²) in [5.74, 6) is 0.846. The molecule has 0 aliphatic rings. The summed E-state index contributed by atoms with van der Waals surface area (Å²) < 4.78 is 7.54. The molecule has 0 aliphatic carbocycles. The van der Waals surface area contributed by atoms with Crippen LogP contribution >= 0.6 is 0 Å². The first-order chi connectivity index (χ1) is 11.7. The minimum atomic E-state index is -0.104. The van der Waals surface area contributed by atoms with Crippen molar-refractivity contribution in [2.75, 3.05) is 13.2 Å². The maximum atomic E-state index is 11.8. The predicted molar refractivity (Wildman–Crippen MR) is 93.6 cm³/mol. The summed E-state index contributed by atoms with van der Waals surface area (Å²) in [5, 5.41) is 2.89. The van der Waals surface area contributed by atoms with Gasteiger partial charge in [-0.1, -0.05) is 42.5 Å². The van der Waals surface area contributed by atoms with Crippen molar-refractivity contribution in [2.24, 2.45) is 0 Å². The highest BCUT2D eigenvalue weighted by Crippen LogP contribution is 2.14. The number of para-hydroxylation sites is 2. The molecule has 5 nitrogen and oxygen atoms in total. The minimum absolute atomic E-state index is 0.0680. The van der Waals surface area contributed by atoms with Crippen molar-refractivity contribution in [3.63, 3.8) is 0 Å². The van der Waals surface area contributed by atoms with E-state index in [2.05, 4.69) is 14.9 Å². The number of hydrogen-bond donors (Lipinski definition) is 1. The molecular formula is C19H21N3O2. The van der Waals surface area contributed by atoms with Crippen LogP contribution in [-0.4, -0.2) is 28.6 Å². The second kappa shape index (κ2) is 7.75. The zero-order valence-electron chi connectivity index (χ0n) is 13.7. The molecule has 3 aromatic rings. The summed E-state index contributed by atoms with van der Waals surface area (Å²) in [5.41, 5.74) is 3.13. The molecule has 0 saturated heterocycles. The zero-order chi connectivity index (χ0) is 16.8. The Labute approximate surface area is 141 Å². The highest BCUT2D eigenvalue weighted by Gasteiger charge is 2.07. The summed E-state index contributed by atoms with van der Waals surface area (Å²) in [6.45, 7) is 3.73. The number of imidazole rings is 1. The van der Waals surface area contributed by atoms with Crippen molar-refractivity contribution in [1.29, 1.82) is 0 Å². The minimum Gasteiger partial charge on any atom is -0.367 e. The van der Waals surface area contributed by atoms with E-state index >= 15 is 0 Å². The fourth-order valence-electron chi connectivity index (χ4n) is 2.67. The van der Waals surface area contributed by atoms with Gasteiger partial charge in [0.15, 0.2) is 0 Å². The Kier molecular flexibility index (Phi) is 5.23. The molecule has 0 radical (unpaired) electrons. The number of amides is 1. The van der Waals surface area contributed by atoms with Crippen LogP contribution in [-0.2, 0) is 22.7 Å². The van der Waals surface area contributed by atoms with E-state index < -0.39 is 0 Å². The number of benzene rings is 2. The second-order valence-electron chi connectivity index (χ2n) is 5.63. The largest absolute Gasteiger partial charge is 0.367 e. The zero-order valence-corrected chi connectivity index (χ0v) is 13.7. The maximum Gasteiger partial charge on any atom is 0.246 e. The third-order valence-electron chi connectivity index (χ3n) is 3.85. The number of carbonyl (C=O) groups is 1. The summed E-state index contributed by atoms with van der Waals surface area (Å²) in [4.78, 5) is 16.4. The van der Waals surface area contributed by atoms with Gasteiger partial charge in [0.05, 0.1) is 17.6 Å². The average Bonchev–Trinajstić information content (AvgIpc) is 2.92. The fourth-order valence-corrected chi connectivity index (χ4v) is 2.67. The number of carbonyl (C=O) groups excluding carboxylic acids is 1. The van der Waals surface area contributed by atoms with Gasteiger partial charge in [-0.3, -0.25) is 4.79 Å². The third-order valence-corrected chi connectivity index (χ3v) is 3.85. The Morgan fingerprint density at radius 3 is 2.71 bits per heavy atom. The van der Waals surface area contributed by atoms with Gasteiger partial charge in [0.1, 0.15) is 12.4 Å². The van der Waals surface area contributed by atoms with Gasteiger partial charge in [0.25, 0.3) is 0 Å². The van der Waals surface area contributed by atoms with E-state index in [1.54, 1.807) is 0 Å². The summed E-state index contributed by atoms with van der Waals surface area (Å²) >= 11 is 0. The number of nitrogens with one attached hydrogen (secondary N) is 1. The van der Waals surface area contributed by atoms with Crippen molar-refractivity contribution in [3.8, 4) is 0 Å². The van der Waals surface area contributed by atoms with E-state index in [4.69, 9.17) is 4.74 Å². The van der Waals surface area contributed by atoms with Gasteiger partial charge in [-0.05, 0) is 24.6 Å². The van der Waals surface area contributed by atoms with Crippen LogP contribution in [0.1, 0.15) is 11.4 Å². The van der Waals surface area contributed by atoms with Gasteiger partial charge in [0.2, 0.25) is 5.91 Å². The SMILES string of the molecule is Cc1nc2ccccc2n1CCNC(=O)COCc1ccccc1. The summed E-state index contributed by atoms with van der Waals surface area (Å²) in [7, 11) is 0. The molecule has 1 aromatic heterocycles. The first-order valence-electron chi connectivity index (χ1n) is 8.04. The van der Waals surface area contributed by atoms with Gasteiger partial charge >= 0.3 is 0 Å². The molecule has 0 atom stereocenters. The molecule has 1 heterocycles. The lowest BCUT2D eigenvalue weighted by atomic mass is 10.2. The molecule has 2 aromatic carbocycles. The number of fused-ring (bicyclic) bond motifs is 1. The quantitative estimate of drug-likeness (QED) is 0.727.